The lowest BCUT2D eigenvalue weighted by atomic mass is 10.0. The number of hydrogen-bond acceptors (Lipinski definition) is 5. The van der Waals surface area contributed by atoms with Gasteiger partial charge in [-0.25, -0.2) is 4.79 Å². The summed E-state index contributed by atoms with van der Waals surface area (Å²) >= 11 is 0. The van der Waals surface area contributed by atoms with Crippen LogP contribution in [0.2, 0.25) is 0 Å². The zero-order valence-corrected chi connectivity index (χ0v) is 14.3. The Morgan fingerprint density at radius 2 is 1.72 bits per heavy atom. The lowest BCUT2D eigenvalue weighted by Gasteiger charge is -2.17. The highest BCUT2D eigenvalue weighted by atomic mass is 16.5. The number of aryl methyl sites for hydroxylation is 1. The van der Waals surface area contributed by atoms with E-state index in [0.29, 0.717) is 22.4 Å². The van der Waals surface area contributed by atoms with Crippen LogP contribution in [0.1, 0.15) is 37.7 Å². The molecule has 0 amide bonds. The average molecular weight is 344 g/mol. The molecule has 1 aromatic heterocycles. The van der Waals surface area contributed by atoms with Crippen LogP contribution >= 0.6 is 0 Å². The van der Waals surface area contributed by atoms with Crippen LogP contribution in [-0.4, -0.2) is 36.1 Å². The standard InChI is InChI=1S/C18H19NO6/c1-9-15(10(2)19-16(9)18(22)23)12(20)6-5-11-7-13(24-3)17(21)14(8-11)25-4/h5-8,19,21H,1-4H3,(H,22,23)/p-1/b6-5+. The zero-order valence-electron chi connectivity index (χ0n) is 14.3. The van der Waals surface area contributed by atoms with Gasteiger partial charge in [0.1, 0.15) is 17.2 Å². The van der Waals surface area contributed by atoms with Crippen molar-refractivity contribution in [3.05, 3.63) is 46.3 Å². The number of benzene rings is 1. The minimum Gasteiger partial charge on any atom is -0.867 e. The molecular formula is C18H18NO6-. The van der Waals surface area contributed by atoms with Crippen LogP contribution < -0.4 is 14.6 Å². The molecule has 2 aromatic rings. The highest BCUT2D eigenvalue weighted by Gasteiger charge is 2.20. The van der Waals surface area contributed by atoms with E-state index in [1.165, 1.54) is 38.5 Å². The van der Waals surface area contributed by atoms with Gasteiger partial charge in [-0.15, -0.1) is 0 Å². The average Bonchev–Trinajstić information content (AvgIpc) is 2.88. The number of carbonyl (C=O) groups excluding carboxylic acids is 1. The monoisotopic (exact) mass is 344 g/mol. The van der Waals surface area contributed by atoms with E-state index in [1.54, 1.807) is 13.8 Å². The van der Waals surface area contributed by atoms with Crippen molar-refractivity contribution in [3.8, 4) is 17.2 Å². The van der Waals surface area contributed by atoms with Crippen molar-refractivity contribution in [3.63, 3.8) is 0 Å². The molecular weight excluding hydrogens is 326 g/mol. The molecule has 0 fully saturated rings. The smallest absolute Gasteiger partial charge is 0.352 e. The molecule has 25 heavy (non-hydrogen) atoms. The van der Waals surface area contributed by atoms with Crippen molar-refractivity contribution in [1.29, 1.82) is 0 Å². The van der Waals surface area contributed by atoms with E-state index in [-0.39, 0.29) is 28.7 Å². The van der Waals surface area contributed by atoms with Gasteiger partial charge in [-0.3, -0.25) is 4.79 Å². The molecule has 0 unspecified atom stereocenters. The fourth-order valence-electron chi connectivity index (χ4n) is 2.59. The number of H-pyrrole nitrogens is 1. The van der Waals surface area contributed by atoms with Crippen molar-refractivity contribution in [1.82, 2.24) is 4.98 Å². The van der Waals surface area contributed by atoms with Crippen molar-refractivity contribution in [2.45, 2.75) is 13.8 Å². The third-order valence-electron chi connectivity index (χ3n) is 3.81. The molecule has 2 rings (SSSR count). The Balaban J connectivity index is 2.37. The number of aromatic nitrogens is 1. The SMILES string of the molecule is COc1cc(/C=C/C(=O)c2c(C)[nH]c(C(=O)O)c2C)cc(OC)c1[O-]. The van der Waals surface area contributed by atoms with Gasteiger partial charge < -0.3 is 24.7 Å². The molecule has 0 atom stereocenters. The normalized spacial score (nSPS) is 10.9. The Morgan fingerprint density at radius 1 is 1.16 bits per heavy atom. The topological polar surface area (TPSA) is 112 Å². The van der Waals surface area contributed by atoms with E-state index in [1.807, 2.05) is 0 Å². The lowest BCUT2D eigenvalue weighted by molar-refractivity contribution is -0.271. The number of methoxy groups -OCH3 is 2. The molecule has 7 heteroatoms. The van der Waals surface area contributed by atoms with Crippen LogP contribution in [-0.2, 0) is 0 Å². The van der Waals surface area contributed by atoms with Crippen LogP contribution in [0.25, 0.3) is 6.08 Å². The Morgan fingerprint density at radius 3 is 2.16 bits per heavy atom. The predicted octanol–water partition coefficient (Wildman–Crippen LogP) is 2.32. The Bertz CT molecular complexity index is 838. The fraction of sp³-hybridized carbons (Fsp3) is 0.222. The minimum atomic E-state index is -1.12. The fourth-order valence-corrected chi connectivity index (χ4v) is 2.59. The van der Waals surface area contributed by atoms with Crippen LogP contribution in [0.3, 0.4) is 0 Å². The number of nitrogens with one attached hydrogen (secondary N) is 1. The second-order valence-corrected chi connectivity index (χ2v) is 5.38. The maximum Gasteiger partial charge on any atom is 0.352 e. The van der Waals surface area contributed by atoms with Gasteiger partial charge in [-0.05, 0) is 48.9 Å². The van der Waals surface area contributed by atoms with Gasteiger partial charge in [-0.2, -0.15) is 0 Å². The highest BCUT2D eigenvalue weighted by Crippen LogP contribution is 2.35. The van der Waals surface area contributed by atoms with Crippen LogP contribution in [0.15, 0.2) is 18.2 Å². The van der Waals surface area contributed by atoms with Crippen molar-refractivity contribution in [2.75, 3.05) is 14.2 Å². The summed E-state index contributed by atoms with van der Waals surface area (Å²) in [6.45, 7) is 3.21. The number of hydrogen-bond donors (Lipinski definition) is 2. The van der Waals surface area contributed by atoms with Gasteiger partial charge in [0.15, 0.2) is 5.78 Å². The largest absolute Gasteiger partial charge is 0.867 e. The van der Waals surface area contributed by atoms with E-state index in [4.69, 9.17) is 14.6 Å². The first kappa shape index (κ1) is 18.1. The first-order chi connectivity index (χ1) is 11.8. The third kappa shape index (κ3) is 3.50. The zero-order chi connectivity index (χ0) is 18.7. The molecule has 132 valence electrons. The summed E-state index contributed by atoms with van der Waals surface area (Å²) in [7, 11) is 2.74. The maximum absolute atomic E-state index is 12.4. The molecule has 0 aliphatic rings. The van der Waals surface area contributed by atoms with Crippen molar-refractivity contribution in [2.24, 2.45) is 0 Å². The van der Waals surface area contributed by atoms with Crippen LogP contribution in [0.4, 0.5) is 0 Å². The summed E-state index contributed by atoms with van der Waals surface area (Å²) in [4.78, 5) is 26.3. The summed E-state index contributed by atoms with van der Waals surface area (Å²) in [6, 6.07) is 2.99. The quantitative estimate of drug-likeness (QED) is 0.614. The molecule has 0 spiro atoms. The number of ether oxygens (including phenoxy) is 2. The van der Waals surface area contributed by atoms with Crippen LogP contribution in [0.5, 0.6) is 17.2 Å². The summed E-state index contributed by atoms with van der Waals surface area (Å²) in [5.74, 6) is -1.63. The molecule has 0 saturated carbocycles. The number of aromatic carboxylic acids is 1. The van der Waals surface area contributed by atoms with E-state index >= 15 is 0 Å². The Kier molecular flexibility index (Phi) is 5.17. The Labute approximate surface area is 144 Å². The van der Waals surface area contributed by atoms with Crippen molar-refractivity contribution >= 4 is 17.8 Å². The van der Waals surface area contributed by atoms with Gasteiger partial charge >= 0.3 is 5.97 Å². The molecule has 0 saturated heterocycles. The van der Waals surface area contributed by atoms with Gasteiger partial charge in [0.2, 0.25) is 0 Å². The number of carboxylic acids is 1. The third-order valence-corrected chi connectivity index (χ3v) is 3.81. The molecule has 1 heterocycles. The summed E-state index contributed by atoms with van der Waals surface area (Å²) in [5.41, 5.74) is 1.71. The molecule has 0 aliphatic heterocycles. The molecule has 0 radical (unpaired) electrons. The number of allylic oxidation sites excluding steroid dienone is 1. The first-order valence-corrected chi connectivity index (χ1v) is 7.38. The number of rotatable bonds is 6. The predicted molar refractivity (Wildman–Crippen MR) is 89.6 cm³/mol. The summed E-state index contributed by atoms with van der Waals surface area (Å²) in [5, 5.41) is 21.0. The van der Waals surface area contributed by atoms with Gasteiger partial charge in [0.25, 0.3) is 0 Å². The van der Waals surface area contributed by atoms with E-state index in [9.17, 15) is 14.7 Å². The molecule has 0 bridgehead atoms. The van der Waals surface area contributed by atoms with E-state index < -0.39 is 5.97 Å². The molecule has 7 nitrogen and oxygen atoms in total. The van der Waals surface area contributed by atoms with E-state index in [2.05, 4.69) is 4.98 Å². The number of ketones is 1. The first-order valence-electron chi connectivity index (χ1n) is 7.38. The Hall–Kier alpha value is -3.22. The summed E-state index contributed by atoms with van der Waals surface area (Å²) < 4.78 is 10.0. The summed E-state index contributed by atoms with van der Waals surface area (Å²) in [6.07, 6.45) is 2.83. The second kappa shape index (κ2) is 7.12. The molecule has 0 aliphatic carbocycles. The van der Waals surface area contributed by atoms with Gasteiger partial charge in [-0.1, -0.05) is 6.08 Å². The van der Waals surface area contributed by atoms with E-state index in [0.717, 1.165) is 0 Å². The maximum atomic E-state index is 12.4. The lowest BCUT2D eigenvalue weighted by Crippen LogP contribution is -2.01. The van der Waals surface area contributed by atoms with Gasteiger partial charge in [0, 0.05) is 11.3 Å². The molecule has 1 aromatic carbocycles. The highest BCUT2D eigenvalue weighted by molar-refractivity contribution is 6.10. The second-order valence-electron chi connectivity index (χ2n) is 5.38. The molecule has 2 N–H and O–H groups in total. The number of aromatic amines is 1. The number of carboxylic acid groups (broad SMARTS) is 1. The minimum absolute atomic E-state index is 0.00621. The van der Waals surface area contributed by atoms with Crippen LogP contribution in [0, 0.1) is 13.8 Å². The van der Waals surface area contributed by atoms with Gasteiger partial charge in [0.05, 0.1) is 14.2 Å². The van der Waals surface area contributed by atoms with Crippen molar-refractivity contribution < 1.29 is 29.3 Å². The number of carbonyl (C=O) groups is 2.